The molecule has 1 saturated heterocycles. The highest BCUT2D eigenvalue weighted by atomic mass is 32.2. The maximum atomic E-state index is 13.5. The number of unbranched alkanes of at least 4 members (excludes halogenated alkanes) is 1. The molecule has 6 rings (SSSR count). The molecule has 4 aromatic rings. The first-order chi connectivity index (χ1) is 19.6. The second-order valence-electron chi connectivity index (χ2n) is 9.40. The van der Waals surface area contributed by atoms with Gasteiger partial charge in [-0.25, -0.2) is 4.68 Å². The summed E-state index contributed by atoms with van der Waals surface area (Å²) >= 11 is 6.91. The summed E-state index contributed by atoms with van der Waals surface area (Å²) in [5, 5.41) is 4.90. The summed E-state index contributed by atoms with van der Waals surface area (Å²) in [5.74, 6) is 2.08. The summed E-state index contributed by atoms with van der Waals surface area (Å²) in [5.41, 5.74) is 4.37. The minimum absolute atomic E-state index is 0.134. The monoisotopic (exact) mass is 569 g/mol. The minimum atomic E-state index is -0.134. The van der Waals surface area contributed by atoms with E-state index in [-0.39, 0.29) is 12.7 Å². The molecule has 0 unspecified atom stereocenters. The molecule has 2 aliphatic rings. The molecule has 3 aromatic carbocycles. The van der Waals surface area contributed by atoms with Crippen LogP contribution < -0.4 is 14.2 Å². The first kappa shape index (κ1) is 26.2. The Morgan fingerprint density at radius 1 is 1.05 bits per heavy atom. The smallest absolute Gasteiger partial charge is 0.266 e. The van der Waals surface area contributed by atoms with Crippen LogP contribution in [0.4, 0.5) is 0 Å². The number of para-hydroxylation sites is 1. The number of aromatic nitrogens is 2. The van der Waals surface area contributed by atoms with Gasteiger partial charge in [-0.3, -0.25) is 9.69 Å². The van der Waals surface area contributed by atoms with Gasteiger partial charge < -0.3 is 14.2 Å². The van der Waals surface area contributed by atoms with E-state index in [1.165, 1.54) is 11.8 Å². The molecule has 0 aliphatic carbocycles. The number of carbonyl (C=O) groups excluding carboxylic acids is 1. The van der Waals surface area contributed by atoms with Gasteiger partial charge >= 0.3 is 0 Å². The molecule has 9 heteroatoms. The second kappa shape index (κ2) is 11.6. The Kier molecular flexibility index (Phi) is 7.57. The molecule has 0 saturated carbocycles. The van der Waals surface area contributed by atoms with Crippen molar-refractivity contribution in [3.63, 3.8) is 0 Å². The molecule has 40 heavy (non-hydrogen) atoms. The fraction of sp³-hybridized carbons (Fsp3) is 0.194. The van der Waals surface area contributed by atoms with Crippen LogP contribution in [-0.4, -0.2) is 38.3 Å². The Bertz CT molecular complexity index is 1580. The van der Waals surface area contributed by atoms with Crippen molar-refractivity contribution in [2.24, 2.45) is 0 Å². The first-order valence-electron chi connectivity index (χ1n) is 13.1. The van der Waals surface area contributed by atoms with Crippen LogP contribution in [0.5, 0.6) is 17.2 Å². The van der Waals surface area contributed by atoms with Gasteiger partial charge in [0.05, 0.1) is 29.4 Å². The quantitative estimate of drug-likeness (QED) is 0.124. The number of ether oxygens (including phenoxy) is 3. The molecule has 2 aliphatic heterocycles. The Hall–Kier alpha value is -4.08. The molecule has 1 fully saturated rings. The number of hydrogen-bond donors (Lipinski definition) is 0. The third-order valence-corrected chi connectivity index (χ3v) is 7.97. The first-order valence-corrected chi connectivity index (χ1v) is 14.3. The van der Waals surface area contributed by atoms with E-state index >= 15 is 0 Å². The molecule has 0 bridgehead atoms. The van der Waals surface area contributed by atoms with Crippen LogP contribution >= 0.6 is 24.0 Å². The molecular weight excluding hydrogens is 542 g/mol. The summed E-state index contributed by atoms with van der Waals surface area (Å²) < 4.78 is 19.1. The molecule has 0 N–H and O–H groups in total. The number of thioether (sulfide) groups is 1. The van der Waals surface area contributed by atoms with E-state index in [1.54, 1.807) is 4.90 Å². The zero-order chi connectivity index (χ0) is 27.5. The largest absolute Gasteiger partial charge is 0.494 e. The summed E-state index contributed by atoms with van der Waals surface area (Å²) in [4.78, 5) is 15.7. The Morgan fingerprint density at radius 3 is 2.65 bits per heavy atom. The van der Waals surface area contributed by atoms with Gasteiger partial charge in [0.2, 0.25) is 6.79 Å². The predicted molar refractivity (Wildman–Crippen MR) is 161 cm³/mol. The number of thiocarbonyl (C=S) groups is 1. The van der Waals surface area contributed by atoms with E-state index in [0.29, 0.717) is 33.9 Å². The highest BCUT2D eigenvalue weighted by Crippen LogP contribution is 2.37. The van der Waals surface area contributed by atoms with E-state index in [2.05, 4.69) is 6.92 Å². The molecule has 0 radical (unpaired) electrons. The van der Waals surface area contributed by atoms with E-state index in [4.69, 9.17) is 31.5 Å². The number of carbonyl (C=O) groups is 1. The third kappa shape index (κ3) is 5.48. The van der Waals surface area contributed by atoms with Crippen LogP contribution in [0, 0.1) is 0 Å². The number of nitrogens with zero attached hydrogens (tertiary/aromatic N) is 3. The Labute approximate surface area is 242 Å². The van der Waals surface area contributed by atoms with Crippen LogP contribution in [0.2, 0.25) is 0 Å². The molecule has 202 valence electrons. The van der Waals surface area contributed by atoms with Gasteiger partial charge in [0.25, 0.3) is 5.91 Å². The maximum Gasteiger partial charge on any atom is 0.266 e. The average molecular weight is 570 g/mol. The lowest BCUT2D eigenvalue weighted by Gasteiger charge is -2.14. The Balaban J connectivity index is 1.29. The summed E-state index contributed by atoms with van der Waals surface area (Å²) in [6, 6.07) is 23.5. The topological polar surface area (TPSA) is 65.8 Å². The van der Waals surface area contributed by atoms with Crippen molar-refractivity contribution in [3.8, 4) is 34.2 Å². The van der Waals surface area contributed by atoms with Gasteiger partial charge in [-0.05, 0) is 66.6 Å². The molecule has 0 atom stereocenters. The number of fused-ring (bicyclic) bond motifs is 1. The van der Waals surface area contributed by atoms with Crippen molar-refractivity contribution < 1.29 is 19.0 Å². The van der Waals surface area contributed by atoms with Crippen LogP contribution in [0.1, 0.15) is 30.9 Å². The molecule has 1 amide bonds. The highest BCUT2D eigenvalue weighted by molar-refractivity contribution is 8.26. The fourth-order valence-corrected chi connectivity index (χ4v) is 5.72. The highest BCUT2D eigenvalue weighted by Gasteiger charge is 2.33. The SMILES string of the molecule is CCCCOc1ccc(-c2nn(-c3ccccc3)cc2C=C2SC(=S)N(Cc3ccc4c(c3)OCO4)C2=O)cc1. The van der Waals surface area contributed by atoms with Crippen molar-refractivity contribution in [2.45, 2.75) is 26.3 Å². The Morgan fingerprint density at radius 2 is 1.85 bits per heavy atom. The van der Waals surface area contributed by atoms with Crippen molar-refractivity contribution >= 4 is 40.3 Å². The average Bonchev–Trinajstić information content (AvgIpc) is 3.69. The number of amides is 1. The van der Waals surface area contributed by atoms with Crippen molar-refractivity contribution in [1.82, 2.24) is 14.7 Å². The van der Waals surface area contributed by atoms with Crippen molar-refractivity contribution in [1.29, 1.82) is 0 Å². The molecular formula is C31H27N3O4S2. The normalized spacial score (nSPS) is 15.3. The van der Waals surface area contributed by atoms with Gasteiger partial charge in [0, 0.05) is 17.3 Å². The molecule has 7 nitrogen and oxygen atoms in total. The van der Waals surface area contributed by atoms with Crippen molar-refractivity contribution in [2.75, 3.05) is 13.4 Å². The van der Waals surface area contributed by atoms with Gasteiger partial charge in [0.1, 0.15) is 10.1 Å². The van der Waals surface area contributed by atoms with E-state index in [0.717, 1.165) is 46.7 Å². The van der Waals surface area contributed by atoms with Crippen LogP contribution in [0.3, 0.4) is 0 Å². The number of benzene rings is 3. The molecule has 0 spiro atoms. The zero-order valence-corrected chi connectivity index (χ0v) is 23.5. The lowest BCUT2D eigenvalue weighted by atomic mass is 10.1. The lowest BCUT2D eigenvalue weighted by Crippen LogP contribution is -2.27. The number of hydrogen-bond acceptors (Lipinski definition) is 7. The summed E-state index contributed by atoms with van der Waals surface area (Å²) in [6.45, 7) is 3.39. The van der Waals surface area contributed by atoms with Gasteiger partial charge in [-0.15, -0.1) is 0 Å². The maximum absolute atomic E-state index is 13.5. The lowest BCUT2D eigenvalue weighted by molar-refractivity contribution is -0.122. The number of rotatable bonds is 9. The third-order valence-electron chi connectivity index (χ3n) is 6.60. The minimum Gasteiger partial charge on any atom is -0.494 e. The van der Waals surface area contributed by atoms with E-state index in [1.807, 2.05) is 89.8 Å². The zero-order valence-electron chi connectivity index (χ0n) is 21.9. The fourth-order valence-electron chi connectivity index (χ4n) is 4.47. The van der Waals surface area contributed by atoms with Gasteiger partial charge in [-0.2, -0.15) is 5.10 Å². The molecule has 1 aromatic heterocycles. The van der Waals surface area contributed by atoms with E-state index in [9.17, 15) is 4.79 Å². The van der Waals surface area contributed by atoms with Crippen LogP contribution in [-0.2, 0) is 11.3 Å². The summed E-state index contributed by atoms with van der Waals surface area (Å²) in [6.07, 6.45) is 5.93. The van der Waals surface area contributed by atoms with Crippen molar-refractivity contribution in [3.05, 3.63) is 95.0 Å². The molecule has 3 heterocycles. The van der Waals surface area contributed by atoms with Gasteiger partial charge in [-0.1, -0.05) is 61.6 Å². The predicted octanol–water partition coefficient (Wildman–Crippen LogP) is 6.85. The summed E-state index contributed by atoms with van der Waals surface area (Å²) in [7, 11) is 0. The van der Waals surface area contributed by atoms with E-state index < -0.39 is 0 Å². The second-order valence-corrected chi connectivity index (χ2v) is 11.1. The van der Waals surface area contributed by atoms with Crippen LogP contribution in [0.15, 0.2) is 83.9 Å². The van der Waals surface area contributed by atoms with Gasteiger partial charge in [0.15, 0.2) is 11.5 Å². The van der Waals surface area contributed by atoms with Crippen LogP contribution in [0.25, 0.3) is 23.0 Å². The standard InChI is InChI=1S/C31H27N3O4S2/c1-2-3-15-36-25-12-10-22(11-13-25)29-23(19-34(32-29)24-7-5-4-6-8-24)17-28-30(35)33(31(39)40-28)18-21-9-14-26-27(16-21)38-20-37-26/h4-14,16-17,19H,2-3,15,18,20H2,1H3.